The molecule has 1 N–H and O–H groups in total. The normalized spacial score (nSPS) is 29.4. The number of rotatable bonds is 2. The van der Waals surface area contributed by atoms with Crippen LogP contribution in [0.15, 0.2) is 48.5 Å². The van der Waals surface area contributed by atoms with E-state index in [1.807, 2.05) is 29.2 Å². The van der Waals surface area contributed by atoms with Crippen molar-refractivity contribution in [2.45, 2.75) is 50.7 Å². The Morgan fingerprint density at radius 3 is 2.43 bits per heavy atom. The lowest BCUT2D eigenvalue weighted by Gasteiger charge is -2.57. The number of hydrogen-bond donors (Lipinski definition) is 1. The summed E-state index contributed by atoms with van der Waals surface area (Å²) in [6.45, 7) is 7.58. The van der Waals surface area contributed by atoms with Crippen molar-refractivity contribution in [1.29, 1.82) is 0 Å². The van der Waals surface area contributed by atoms with Crippen LogP contribution in [0, 0.1) is 5.92 Å². The lowest BCUT2D eigenvalue weighted by atomic mass is 9.72. The molecule has 4 aliphatic heterocycles. The van der Waals surface area contributed by atoms with E-state index in [0.29, 0.717) is 10.9 Å². The minimum absolute atomic E-state index is 0.000287. The summed E-state index contributed by atoms with van der Waals surface area (Å²) in [5, 5.41) is 4.19. The number of halogens is 1. The first-order valence-corrected chi connectivity index (χ1v) is 11.5. The fourth-order valence-electron chi connectivity index (χ4n) is 5.88. The van der Waals surface area contributed by atoms with Crippen molar-refractivity contribution in [2.24, 2.45) is 5.92 Å². The van der Waals surface area contributed by atoms with Gasteiger partial charge in [-0.15, -0.1) is 0 Å². The second-order valence-corrected chi connectivity index (χ2v) is 9.94. The highest BCUT2D eigenvalue weighted by Gasteiger charge is 2.49. The van der Waals surface area contributed by atoms with Crippen molar-refractivity contribution in [1.82, 2.24) is 15.1 Å². The fourth-order valence-corrected chi connectivity index (χ4v) is 6.01. The monoisotopic (exact) mass is 423 g/mol. The molecule has 0 spiro atoms. The molecule has 5 heteroatoms. The third kappa shape index (κ3) is 3.30. The Hall–Kier alpha value is -2.04. The zero-order valence-electron chi connectivity index (χ0n) is 17.8. The van der Waals surface area contributed by atoms with E-state index in [9.17, 15) is 4.79 Å². The van der Waals surface area contributed by atoms with Crippen LogP contribution in [0.5, 0.6) is 0 Å². The lowest BCUT2D eigenvalue weighted by Crippen LogP contribution is -2.70. The third-order valence-corrected chi connectivity index (χ3v) is 7.85. The summed E-state index contributed by atoms with van der Waals surface area (Å²) in [6, 6.07) is 16.6. The highest BCUT2D eigenvalue weighted by Crippen LogP contribution is 2.40. The molecule has 2 bridgehead atoms. The van der Waals surface area contributed by atoms with Crippen LogP contribution in [0.3, 0.4) is 0 Å². The molecule has 3 fully saturated rings. The predicted octanol–water partition coefficient (Wildman–Crippen LogP) is 4.87. The highest BCUT2D eigenvalue weighted by atomic mass is 35.5. The van der Waals surface area contributed by atoms with Crippen molar-refractivity contribution in [3.05, 3.63) is 70.2 Å². The number of fused-ring (bicyclic) bond motifs is 4. The van der Waals surface area contributed by atoms with E-state index in [-0.39, 0.29) is 23.7 Å². The van der Waals surface area contributed by atoms with Crippen molar-refractivity contribution in [2.75, 3.05) is 19.6 Å². The molecule has 0 aliphatic carbocycles. The van der Waals surface area contributed by atoms with Crippen LogP contribution in [0.1, 0.15) is 49.4 Å². The SMILES string of the molecule is CC1(C)[C@@H](NC(=O)N2CCc3ccccc3[C@@H]2c2ccc(Cl)cc2)C2CCN1CC2. The maximum Gasteiger partial charge on any atom is 0.318 e. The quantitative estimate of drug-likeness (QED) is 0.747. The molecule has 30 heavy (non-hydrogen) atoms. The molecular formula is C25H30ClN3O. The van der Waals surface area contributed by atoms with Crippen LogP contribution in [0.25, 0.3) is 0 Å². The topological polar surface area (TPSA) is 35.6 Å². The first kappa shape index (κ1) is 19.9. The average molecular weight is 424 g/mol. The van der Waals surface area contributed by atoms with Gasteiger partial charge in [0.15, 0.2) is 0 Å². The summed E-state index contributed by atoms with van der Waals surface area (Å²) in [4.78, 5) is 18.2. The molecule has 0 radical (unpaired) electrons. The summed E-state index contributed by atoms with van der Waals surface area (Å²) >= 11 is 6.15. The Kier molecular flexibility index (Phi) is 5.03. The van der Waals surface area contributed by atoms with Gasteiger partial charge in [0, 0.05) is 17.1 Å². The number of amides is 2. The Bertz CT molecular complexity index is 934. The highest BCUT2D eigenvalue weighted by molar-refractivity contribution is 6.30. The number of carbonyl (C=O) groups excluding carboxylic acids is 1. The van der Waals surface area contributed by atoms with Gasteiger partial charge < -0.3 is 10.2 Å². The van der Waals surface area contributed by atoms with Crippen LogP contribution in [-0.2, 0) is 6.42 Å². The Labute approximate surface area is 184 Å². The van der Waals surface area contributed by atoms with Crippen molar-refractivity contribution >= 4 is 17.6 Å². The van der Waals surface area contributed by atoms with Gasteiger partial charge in [0.1, 0.15) is 0 Å². The first-order valence-electron chi connectivity index (χ1n) is 11.1. The average Bonchev–Trinajstić information content (AvgIpc) is 2.76. The van der Waals surface area contributed by atoms with Crippen molar-refractivity contribution in [3.63, 3.8) is 0 Å². The smallest absolute Gasteiger partial charge is 0.318 e. The van der Waals surface area contributed by atoms with Gasteiger partial charge in [-0.2, -0.15) is 0 Å². The molecular weight excluding hydrogens is 394 g/mol. The number of piperidine rings is 3. The molecule has 2 atom stereocenters. The third-order valence-electron chi connectivity index (χ3n) is 7.60. The van der Waals surface area contributed by atoms with Crippen LogP contribution in [-0.4, -0.2) is 47.0 Å². The zero-order valence-corrected chi connectivity index (χ0v) is 18.5. The Morgan fingerprint density at radius 2 is 1.73 bits per heavy atom. The van der Waals surface area contributed by atoms with E-state index >= 15 is 0 Å². The molecule has 0 unspecified atom stereocenters. The van der Waals surface area contributed by atoms with Gasteiger partial charge in [-0.1, -0.05) is 48.0 Å². The van der Waals surface area contributed by atoms with Gasteiger partial charge in [0.05, 0.1) is 12.1 Å². The van der Waals surface area contributed by atoms with Gasteiger partial charge in [0.2, 0.25) is 0 Å². The number of nitrogens with one attached hydrogen (secondary N) is 1. The molecule has 3 saturated heterocycles. The maximum absolute atomic E-state index is 13.7. The summed E-state index contributed by atoms with van der Waals surface area (Å²) in [5.74, 6) is 0.569. The molecule has 6 rings (SSSR count). The van der Waals surface area contributed by atoms with Gasteiger partial charge in [-0.05, 0) is 80.9 Å². The molecule has 2 aromatic rings. The molecule has 2 amide bonds. The molecule has 2 aromatic carbocycles. The minimum Gasteiger partial charge on any atom is -0.333 e. The molecule has 0 aromatic heterocycles. The van der Waals surface area contributed by atoms with E-state index in [0.717, 1.165) is 31.6 Å². The molecule has 0 saturated carbocycles. The van der Waals surface area contributed by atoms with E-state index in [1.165, 1.54) is 24.0 Å². The zero-order chi connectivity index (χ0) is 20.9. The molecule has 158 valence electrons. The second kappa shape index (κ2) is 7.58. The molecule has 4 nitrogen and oxygen atoms in total. The minimum atomic E-state index is -0.0867. The van der Waals surface area contributed by atoms with E-state index in [1.54, 1.807) is 0 Å². The van der Waals surface area contributed by atoms with Crippen LogP contribution >= 0.6 is 11.6 Å². The summed E-state index contributed by atoms with van der Waals surface area (Å²) < 4.78 is 0. The number of nitrogens with zero attached hydrogens (tertiary/aromatic N) is 2. The summed E-state index contributed by atoms with van der Waals surface area (Å²) in [5.41, 5.74) is 3.65. The predicted molar refractivity (Wildman–Crippen MR) is 121 cm³/mol. The summed E-state index contributed by atoms with van der Waals surface area (Å²) in [7, 11) is 0. The number of urea groups is 1. The van der Waals surface area contributed by atoms with Crippen molar-refractivity contribution < 1.29 is 4.79 Å². The lowest BCUT2D eigenvalue weighted by molar-refractivity contribution is -0.0377. The van der Waals surface area contributed by atoms with E-state index in [4.69, 9.17) is 11.6 Å². The van der Waals surface area contributed by atoms with Gasteiger partial charge in [-0.25, -0.2) is 4.79 Å². The largest absolute Gasteiger partial charge is 0.333 e. The molecule has 4 heterocycles. The van der Waals surface area contributed by atoms with Crippen molar-refractivity contribution in [3.8, 4) is 0 Å². The number of benzene rings is 2. The van der Waals surface area contributed by atoms with Gasteiger partial charge in [0.25, 0.3) is 0 Å². The van der Waals surface area contributed by atoms with Gasteiger partial charge in [-0.3, -0.25) is 4.90 Å². The van der Waals surface area contributed by atoms with Crippen LogP contribution < -0.4 is 5.32 Å². The van der Waals surface area contributed by atoms with Crippen LogP contribution in [0.4, 0.5) is 4.79 Å². The van der Waals surface area contributed by atoms with Gasteiger partial charge >= 0.3 is 6.03 Å². The Morgan fingerprint density at radius 1 is 1.03 bits per heavy atom. The molecule has 4 aliphatic rings. The second-order valence-electron chi connectivity index (χ2n) is 9.50. The number of hydrogen-bond acceptors (Lipinski definition) is 2. The Balaban J connectivity index is 1.46. The summed E-state index contributed by atoms with van der Waals surface area (Å²) in [6.07, 6.45) is 3.24. The standard InChI is InChI=1S/C25H30ClN3O/c1-25(2)23(19-11-14-28(25)15-12-19)27-24(30)29-16-13-17-5-3-4-6-21(17)22(29)18-7-9-20(26)10-8-18/h3-10,19,22-23H,11-16H2,1-2H3,(H,27,30)/t22-,23-/m0/s1. The van der Waals surface area contributed by atoms with E-state index < -0.39 is 0 Å². The number of carbonyl (C=O) groups is 1. The first-order chi connectivity index (χ1) is 14.4. The fraction of sp³-hybridized carbons (Fsp3) is 0.480. The van der Waals surface area contributed by atoms with E-state index in [2.05, 4.69) is 48.3 Å². The maximum atomic E-state index is 13.7. The van der Waals surface area contributed by atoms with Crippen LogP contribution in [0.2, 0.25) is 5.02 Å².